The Morgan fingerprint density at radius 2 is 1.89 bits per heavy atom. The third kappa shape index (κ3) is 3.69. The molecule has 0 saturated heterocycles. The van der Waals surface area contributed by atoms with E-state index in [1.165, 1.54) is 18.3 Å². The van der Waals surface area contributed by atoms with Gasteiger partial charge in [-0.3, -0.25) is 4.79 Å². The maximum atomic E-state index is 12.7. The summed E-state index contributed by atoms with van der Waals surface area (Å²) < 4.78 is 25.1. The Morgan fingerprint density at radius 1 is 1.19 bits per heavy atom. The van der Waals surface area contributed by atoms with Gasteiger partial charge in [-0.1, -0.05) is 0 Å². The zero-order valence-corrected chi connectivity index (χ0v) is 16.3. The predicted octanol–water partition coefficient (Wildman–Crippen LogP) is 2.53. The molecule has 2 heterocycles. The van der Waals surface area contributed by atoms with E-state index in [-0.39, 0.29) is 10.9 Å². The molecule has 3 aromatic rings. The number of sulfonamides is 1. The fourth-order valence-corrected chi connectivity index (χ4v) is 3.38. The van der Waals surface area contributed by atoms with Gasteiger partial charge in [0, 0.05) is 23.3 Å². The molecule has 3 N–H and O–H groups in total. The highest BCUT2D eigenvalue weighted by molar-refractivity contribution is 7.89. The first-order valence-corrected chi connectivity index (χ1v) is 9.91. The number of nitrogens with two attached hydrogens (primary N) is 1. The summed E-state index contributed by atoms with van der Waals surface area (Å²) in [6.07, 6.45) is 3.14. The largest absolute Gasteiger partial charge is 0.322 e. The zero-order chi connectivity index (χ0) is 19.9. The molecular weight excluding hydrogens is 366 g/mol. The lowest BCUT2D eigenvalue weighted by atomic mass is 10.1. The van der Waals surface area contributed by atoms with E-state index in [9.17, 15) is 13.2 Å². The summed E-state index contributed by atoms with van der Waals surface area (Å²) in [5, 5.41) is 13.0. The number of primary sulfonamides is 1. The Bertz CT molecular complexity index is 1150. The smallest absolute Gasteiger partial charge is 0.257 e. The first-order chi connectivity index (χ1) is 12.6. The number of fused-ring (bicyclic) bond motifs is 1. The van der Waals surface area contributed by atoms with Crippen LogP contribution in [-0.2, 0) is 10.0 Å². The van der Waals surface area contributed by atoms with Gasteiger partial charge in [0.15, 0.2) is 5.65 Å². The van der Waals surface area contributed by atoms with Gasteiger partial charge in [0.25, 0.3) is 5.91 Å². The Balaban J connectivity index is 1.96. The molecule has 0 aliphatic rings. The first kappa shape index (κ1) is 19.0. The lowest BCUT2D eigenvalue weighted by Gasteiger charge is -2.13. The molecule has 0 fully saturated rings. The van der Waals surface area contributed by atoms with E-state index >= 15 is 0 Å². The van der Waals surface area contributed by atoms with E-state index in [4.69, 9.17) is 5.14 Å². The van der Waals surface area contributed by atoms with Crippen LogP contribution in [0.2, 0.25) is 0 Å². The van der Waals surface area contributed by atoms with E-state index in [2.05, 4.69) is 15.4 Å². The average Bonchev–Trinajstić information content (AvgIpc) is 3.01. The minimum Gasteiger partial charge on any atom is -0.322 e. The Morgan fingerprint density at radius 3 is 2.52 bits per heavy atom. The van der Waals surface area contributed by atoms with Gasteiger partial charge in [0.1, 0.15) is 0 Å². The van der Waals surface area contributed by atoms with Crippen LogP contribution in [0.5, 0.6) is 0 Å². The molecule has 0 aliphatic heterocycles. The Labute approximate surface area is 157 Å². The number of hydrogen-bond donors (Lipinski definition) is 2. The number of amides is 1. The van der Waals surface area contributed by atoms with Crippen LogP contribution in [0.4, 0.5) is 5.69 Å². The second kappa shape index (κ2) is 6.75. The minimum absolute atomic E-state index is 0.0484. The summed E-state index contributed by atoms with van der Waals surface area (Å²) in [6, 6.07) is 4.70. The van der Waals surface area contributed by atoms with Crippen LogP contribution < -0.4 is 10.5 Å². The number of aromatic nitrogens is 3. The molecule has 0 bridgehead atoms. The van der Waals surface area contributed by atoms with E-state index in [1.54, 1.807) is 30.8 Å². The van der Waals surface area contributed by atoms with Crippen molar-refractivity contribution in [3.63, 3.8) is 0 Å². The van der Waals surface area contributed by atoms with Gasteiger partial charge in [0.05, 0.1) is 16.7 Å². The van der Waals surface area contributed by atoms with Gasteiger partial charge in [-0.25, -0.2) is 23.2 Å². The highest BCUT2D eigenvalue weighted by Crippen LogP contribution is 2.24. The molecule has 0 atom stereocenters. The number of nitrogens with one attached hydrogen (secondary N) is 1. The monoisotopic (exact) mass is 387 g/mol. The van der Waals surface area contributed by atoms with Crippen LogP contribution in [0.1, 0.15) is 41.4 Å². The normalized spacial score (nSPS) is 11.9. The van der Waals surface area contributed by atoms with Crippen molar-refractivity contribution in [1.82, 2.24) is 14.8 Å². The molecule has 0 spiro atoms. The van der Waals surface area contributed by atoms with Crippen molar-refractivity contribution >= 4 is 32.7 Å². The number of rotatable bonds is 4. The van der Waals surface area contributed by atoms with Crippen molar-refractivity contribution in [3.05, 3.63) is 47.3 Å². The van der Waals surface area contributed by atoms with Crippen LogP contribution in [-0.4, -0.2) is 29.1 Å². The first-order valence-electron chi connectivity index (χ1n) is 8.36. The van der Waals surface area contributed by atoms with Crippen LogP contribution >= 0.6 is 0 Å². The van der Waals surface area contributed by atoms with Crippen molar-refractivity contribution in [2.45, 2.75) is 38.6 Å². The number of anilines is 1. The molecule has 9 heteroatoms. The lowest BCUT2D eigenvalue weighted by Crippen LogP contribution is -2.16. The van der Waals surface area contributed by atoms with Crippen molar-refractivity contribution < 1.29 is 13.2 Å². The van der Waals surface area contributed by atoms with E-state index in [1.807, 2.05) is 13.8 Å². The molecule has 8 nitrogen and oxygen atoms in total. The molecule has 0 aliphatic carbocycles. The molecule has 0 saturated carbocycles. The Hall–Kier alpha value is -2.78. The van der Waals surface area contributed by atoms with Gasteiger partial charge >= 0.3 is 0 Å². The third-order valence-electron chi connectivity index (χ3n) is 4.40. The predicted molar refractivity (Wildman–Crippen MR) is 103 cm³/mol. The molecule has 27 heavy (non-hydrogen) atoms. The maximum Gasteiger partial charge on any atom is 0.257 e. The summed E-state index contributed by atoms with van der Waals surface area (Å²) in [5.74, 6) is -0.393. The number of aryl methyl sites for hydroxylation is 1. The molecule has 0 unspecified atom stereocenters. The number of benzene rings is 1. The molecule has 2 aromatic heterocycles. The molecule has 1 aromatic carbocycles. The van der Waals surface area contributed by atoms with Crippen LogP contribution in [0.15, 0.2) is 35.5 Å². The minimum atomic E-state index is -3.87. The number of nitrogens with zero attached hydrogens (tertiary/aromatic N) is 3. The standard InChI is InChI=1S/C18H21N5O3S/c1-10(2)23-17-13(9-21-23)6-14(8-20-17)18(24)22-16-7-15(27(19,25)26)5-11(3)12(16)4/h5-10H,1-4H3,(H,22,24)(H2,19,25,26). The number of pyridine rings is 1. The molecular formula is C18H21N5O3S. The summed E-state index contributed by atoms with van der Waals surface area (Å²) in [4.78, 5) is 17.0. The fourth-order valence-electron chi connectivity index (χ4n) is 2.76. The fraction of sp³-hybridized carbons (Fsp3) is 0.278. The summed E-state index contributed by atoms with van der Waals surface area (Å²) in [6.45, 7) is 7.55. The zero-order valence-electron chi connectivity index (χ0n) is 15.5. The van der Waals surface area contributed by atoms with Gasteiger partial charge < -0.3 is 5.32 Å². The van der Waals surface area contributed by atoms with Crippen molar-refractivity contribution in [3.8, 4) is 0 Å². The van der Waals surface area contributed by atoms with Crippen LogP contribution in [0.3, 0.4) is 0 Å². The third-order valence-corrected chi connectivity index (χ3v) is 5.30. The summed E-state index contributed by atoms with van der Waals surface area (Å²) in [7, 11) is -3.87. The van der Waals surface area contributed by atoms with Gasteiger partial charge in [0.2, 0.25) is 10.0 Å². The maximum absolute atomic E-state index is 12.7. The SMILES string of the molecule is Cc1cc(S(N)(=O)=O)cc(NC(=O)c2cnc3c(cnn3C(C)C)c2)c1C. The van der Waals surface area contributed by atoms with Gasteiger partial charge in [-0.2, -0.15) is 5.10 Å². The number of carbonyl (C=O) groups excluding carboxylic acids is 1. The quantitative estimate of drug-likeness (QED) is 0.713. The van der Waals surface area contributed by atoms with Crippen molar-refractivity contribution in [2.24, 2.45) is 5.14 Å². The second-order valence-corrected chi connectivity index (χ2v) is 8.29. The summed E-state index contributed by atoms with van der Waals surface area (Å²) >= 11 is 0. The molecule has 142 valence electrons. The lowest BCUT2D eigenvalue weighted by molar-refractivity contribution is 0.102. The molecule has 1 amide bonds. The van der Waals surface area contributed by atoms with Gasteiger partial charge in [-0.05, 0) is 57.0 Å². The van der Waals surface area contributed by atoms with Crippen LogP contribution in [0, 0.1) is 13.8 Å². The number of carbonyl (C=O) groups is 1. The average molecular weight is 387 g/mol. The highest BCUT2D eigenvalue weighted by Gasteiger charge is 2.16. The van der Waals surface area contributed by atoms with E-state index in [0.29, 0.717) is 22.5 Å². The Kier molecular flexibility index (Phi) is 4.75. The second-order valence-electron chi connectivity index (χ2n) is 6.73. The van der Waals surface area contributed by atoms with Crippen molar-refractivity contribution in [2.75, 3.05) is 5.32 Å². The molecule has 0 radical (unpaired) electrons. The summed E-state index contributed by atoms with van der Waals surface area (Å²) in [5.41, 5.74) is 2.91. The molecule has 3 rings (SSSR count). The number of hydrogen-bond acceptors (Lipinski definition) is 5. The van der Waals surface area contributed by atoms with Gasteiger partial charge in [-0.15, -0.1) is 0 Å². The highest BCUT2D eigenvalue weighted by atomic mass is 32.2. The van der Waals surface area contributed by atoms with E-state index in [0.717, 1.165) is 10.9 Å². The topological polar surface area (TPSA) is 120 Å². The van der Waals surface area contributed by atoms with Crippen LogP contribution in [0.25, 0.3) is 11.0 Å². The van der Waals surface area contributed by atoms with Crippen molar-refractivity contribution in [1.29, 1.82) is 0 Å². The van der Waals surface area contributed by atoms with E-state index < -0.39 is 15.9 Å².